The molecule has 0 fully saturated rings. The Morgan fingerprint density at radius 1 is 1.57 bits per heavy atom. The van der Waals surface area contributed by atoms with Crippen LogP contribution in [0.25, 0.3) is 0 Å². The molecule has 1 unspecified atom stereocenters. The topological polar surface area (TPSA) is 85.3 Å². The van der Waals surface area contributed by atoms with Crippen molar-refractivity contribution < 1.29 is 18.7 Å². The Balaban J connectivity index is 2.66. The molecule has 0 aromatic heterocycles. The van der Waals surface area contributed by atoms with Gasteiger partial charge >= 0.3 is 5.97 Å². The summed E-state index contributed by atoms with van der Waals surface area (Å²) in [5.74, 6) is -1.67. The molecule has 0 saturated heterocycles. The number of hydrogen-bond acceptors (Lipinski definition) is 5. The summed E-state index contributed by atoms with van der Waals surface area (Å²) in [6, 6.07) is 5.96. The number of hydrogen-bond donors (Lipinski definition) is 1. The van der Waals surface area contributed by atoms with Crippen molar-refractivity contribution in [3.05, 3.63) is 56.8 Å². The zero-order valence-electron chi connectivity index (χ0n) is 12.5. The van der Waals surface area contributed by atoms with Gasteiger partial charge in [-0.3, -0.25) is 0 Å². The van der Waals surface area contributed by atoms with Crippen molar-refractivity contribution in [3.8, 4) is 6.07 Å². The van der Waals surface area contributed by atoms with Crippen LogP contribution in [0.4, 0.5) is 4.39 Å². The van der Waals surface area contributed by atoms with Crippen LogP contribution in [0.1, 0.15) is 25.3 Å². The fourth-order valence-corrected chi connectivity index (χ4v) is 2.98. The Bertz CT molecular complexity index is 765. The van der Waals surface area contributed by atoms with Crippen molar-refractivity contribution in [2.45, 2.75) is 19.8 Å². The van der Waals surface area contributed by atoms with E-state index in [4.69, 9.17) is 15.2 Å². The van der Waals surface area contributed by atoms with Gasteiger partial charge in [0.25, 0.3) is 0 Å². The number of carbonyl (C=O) groups is 1. The van der Waals surface area contributed by atoms with Crippen LogP contribution < -0.4 is 5.73 Å². The number of allylic oxidation sites excluding steroid dienone is 2. The summed E-state index contributed by atoms with van der Waals surface area (Å²) in [6.07, 6.45) is 0. The van der Waals surface area contributed by atoms with E-state index in [2.05, 4.69) is 15.9 Å². The molecule has 1 aliphatic heterocycles. The fraction of sp³-hybridized carbons (Fsp3) is 0.250. The molecule has 0 amide bonds. The molecular weight excluding hydrogens is 367 g/mol. The van der Waals surface area contributed by atoms with E-state index in [1.54, 1.807) is 13.8 Å². The van der Waals surface area contributed by atoms with Crippen LogP contribution in [0.15, 0.2) is 45.5 Å². The maximum Gasteiger partial charge on any atom is 0.338 e. The molecule has 1 heterocycles. The van der Waals surface area contributed by atoms with Gasteiger partial charge in [0.2, 0.25) is 5.88 Å². The summed E-state index contributed by atoms with van der Waals surface area (Å²) >= 11 is 3.27. The first-order chi connectivity index (χ1) is 10.9. The number of carbonyl (C=O) groups excluding carboxylic acids is 1. The summed E-state index contributed by atoms with van der Waals surface area (Å²) in [4.78, 5) is 12.3. The predicted molar refractivity (Wildman–Crippen MR) is 84.1 cm³/mol. The first-order valence-electron chi connectivity index (χ1n) is 6.81. The number of benzene rings is 1. The third-order valence-electron chi connectivity index (χ3n) is 3.37. The molecule has 0 radical (unpaired) electrons. The standard InChI is InChI=1S/C16H14BrFN2O3/c1-3-22-16(21)13-8(2)23-15(20)11(7-19)14(13)10-5-4-9(18)6-12(10)17/h4-6,14H,3,20H2,1-2H3. The number of nitrogens with zero attached hydrogens (tertiary/aromatic N) is 1. The lowest BCUT2D eigenvalue weighted by Crippen LogP contribution is -2.25. The first kappa shape index (κ1) is 17.0. The molecule has 1 atom stereocenters. The average Bonchev–Trinajstić information content (AvgIpc) is 2.46. The van der Waals surface area contributed by atoms with Crippen molar-refractivity contribution in [3.63, 3.8) is 0 Å². The van der Waals surface area contributed by atoms with Crippen LogP contribution in [0.3, 0.4) is 0 Å². The van der Waals surface area contributed by atoms with Crippen LogP contribution in [0.2, 0.25) is 0 Å². The fourth-order valence-electron chi connectivity index (χ4n) is 2.40. The Labute approximate surface area is 141 Å². The molecule has 7 heteroatoms. The van der Waals surface area contributed by atoms with Crippen molar-refractivity contribution in [2.24, 2.45) is 5.73 Å². The zero-order chi connectivity index (χ0) is 17.1. The van der Waals surface area contributed by atoms with Crippen LogP contribution in [0, 0.1) is 17.1 Å². The lowest BCUT2D eigenvalue weighted by Gasteiger charge is -2.27. The highest BCUT2D eigenvalue weighted by Gasteiger charge is 2.37. The van der Waals surface area contributed by atoms with Gasteiger partial charge in [0.15, 0.2) is 0 Å². The Morgan fingerprint density at radius 2 is 2.26 bits per heavy atom. The SMILES string of the molecule is CCOC(=O)C1=C(C)OC(N)=C(C#N)C1c1ccc(F)cc1Br. The summed E-state index contributed by atoms with van der Waals surface area (Å²) in [5, 5.41) is 9.42. The van der Waals surface area contributed by atoms with Gasteiger partial charge in [0.1, 0.15) is 23.2 Å². The Kier molecular flexibility index (Phi) is 5.06. The van der Waals surface area contributed by atoms with E-state index in [0.29, 0.717) is 10.0 Å². The molecule has 2 N–H and O–H groups in total. The summed E-state index contributed by atoms with van der Waals surface area (Å²) in [7, 11) is 0. The molecule has 1 aliphatic rings. The van der Waals surface area contributed by atoms with Crippen LogP contribution >= 0.6 is 15.9 Å². The molecule has 23 heavy (non-hydrogen) atoms. The third-order valence-corrected chi connectivity index (χ3v) is 4.06. The zero-order valence-corrected chi connectivity index (χ0v) is 14.1. The van der Waals surface area contributed by atoms with Gasteiger partial charge in [-0.2, -0.15) is 5.26 Å². The number of nitrogens with two attached hydrogens (primary N) is 1. The lowest BCUT2D eigenvalue weighted by atomic mass is 9.83. The van der Waals surface area contributed by atoms with Gasteiger partial charge in [-0.15, -0.1) is 0 Å². The smallest absolute Gasteiger partial charge is 0.338 e. The molecular formula is C16H14BrFN2O3. The summed E-state index contributed by atoms with van der Waals surface area (Å²) < 4.78 is 24.1. The molecule has 0 aliphatic carbocycles. The molecule has 5 nitrogen and oxygen atoms in total. The van der Waals surface area contributed by atoms with E-state index in [9.17, 15) is 14.4 Å². The van der Waals surface area contributed by atoms with E-state index >= 15 is 0 Å². The maximum atomic E-state index is 13.4. The molecule has 0 spiro atoms. The average molecular weight is 381 g/mol. The highest BCUT2D eigenvalue weighted by atomic mass is 79.9. The van der Waals surface area contributed by atoms with Crippen LogP contribution in [0.5, 0.6) is 0 Å². The maximum absolute atomic E-state index is 13.4. The minimum absolute atomic E-state index is 0.0750. The molecule has 1 aromatic carbocycles. The minimum Gasteiger partial charge on any atom is -0.463 e. The van der Waals surface area contributed by atoms with Crippen molar-refractivity contribution >= 4 is 21.9 Å². The van der Waals surface area contributed by atoms with E-state index in [1.807, 2.05) is 6.07 Å². The summed E-state index contributed by atoms with van der Waals surface area (Å²) in [6.45, 7) is 3.42. The molecule has 1 aromatic rings. The van der Waals surface area contributed by atoms with E-state index in [0.717, 1.165) is 0 Å². The largest absolute Gasteiger partial charge is 0.463 e. The number of halogens is 2. The van der Waals surface area contributed by atoms with Crippen LogP contribution in [-0.4, -0.2) is 12.6 Å². The second-order valence-electron chi connectivity index (χ2n) is 4.78. The van der Waals surface area contributed by atoms with E-state index < -0.39 is 17.7 Å². The van der Waals surface area contributed by atoms with Gasteiger partial charge < -0.3 is 15.2 Å². The van der Waals surface area contributed by atoms with Gasteiger partial charge in [0, 0.05) is 4.47 Å². The number of esters is 1. The minimum atomic E-state index is -0.789. The van der Waals surface area contributed by atoms with E-state index in [-0.39, 0.29) is 29.4 Å². The second kappa shape index (κ2) is 6.84. The predicted octanol–water partition coefficient (Wildman–Crippen LogP) is 3.23. The van der Waals surface area contributed by atoms with Crippen LogP contribution in [-0.2, 0) is 14.3 Å². The highest BCUT2D eigenvalue weighted by Crippen LogP contribution is 2.42. The second-order valence-corrected chi connectivity index (χ2v) is 5.64. The molecule has 0 bridgehead atoms. The Hall–Kier alpha value is -2.33. The molecule has 120 valence electrons. The van der Waals surface area contributed by atoms with Gasteiger partial charge in [0.05, 0.1) is 18.1 Å². The number of nitriles is 1. The highest BCUT2D eigenvalue weighted by molar-refractivity contribution is 9.10. The monoisotopic (exact) mass is 380 g/mol. The number of ether oxygens (including phenoxy) is 2. The quantitative estimate of drug-likeness (QED) is 0.813. The first-order valence-corrected chi connectivity index (χ1v) is 7.60. The lowest BCUT2D eigenvalue weighted by molar-refractivity contribution is -0.139. The van der Waals surface area contributed by atoms with Crippen molar-refractivity contribution in [2.75, 3.05) is 6.61 Å². The van der Waals surface area contributed by atoms with Gasteiger partial charge in [-0.25, -0.2) is 9.18 Å². The summed E-state index contributed by atoms with van der Waals surface area (Å²) in [5.41, 5.74) is 6.55. The molecule has 0 saturated carbocycles. The number of rotatable bonds is 3. The normalized spacial score (nSPS) is 17.6. The Morgan fingerprint density at radius 3 is 2.83 bits per heavy atom. The third kappa shape index (κ3) is 3.22. The van der Waals surface area contributed by atoms with Gasteiger partial charge in [-0.05, 0) is 31.5 Å². The van der Waals surface area contributed by atoms with E-state index in [1.165, 1.54) is 18.2 Å². The van der Waals surface area contributed by atoms with Gasteiger partial charge in [-0.1, -0.05) is 22.0 Å². The van der Waals surface area contributed by atoms with Crippen molar-refractivity contribution in [1.29, 1.82) is 5.26 Å². The van der Waals surface area contributed by atoms with Crippen molar-refractivity contribution in [1.82, 2.24) is 0 Å². The molecule has 2 rings (SSSR count).